The number of aromatic hydroxyl groups is 2. The van der Waals surface area contributed by atoms with Gasteiger partial charge in [0, 0.05) is 30.4 Å². The first kappa shape index (κ1) is 14.8. The van der Waals surface area contributed by atoms with Crippen LogP contribution in [0.2, 0.25) is 0 Å². The fourth-order valence-corrected chi connectivity index (χ4v) is 3.60. The second-order valence-corrected chi connectivity index (χ2v) is 6.36. The second kappa shape index (κ2) is 6.04. The van der Waals surface area contributed by atoms with Crippen LogP contribution in [0.5, 0.6) is 11.5 Å². The predicted octanol–water partition coefficient (Wildman–Crippen LogP) is 4.03. The number of phenolic OH excluding ortho intramolecular Hbond substituents is 2. The highest BCUT2D eigenvalue weighted by Gasteiger charge is 2.22. The Hall–Kier alpha value is -2.75. The smallest absolute Gasteiger partial charge is 0.157 e. The van der Waals surface area contributed by atoms with E-state index in [1.807, 2.05) is 24.4 Å². The molecule has 1 saturated heterocycles. The van der Waals surface area contributed by atoms with Crippen LogP contribution in [0.4, 0.5) is 5.69 Å². The Morgan fingerprint density at radius 1 is 0.917 bits per heavy atom. The van der Waals surface area contributed by atoms with Gasteiger partial charge in [0.2, 0.25) is 0 Å². The van der Waals surface area contributed by atoms with Crippen molar-refractivity contribution in [3.63, 3.8) is 0 Å². The zero-order valence-corrected chi connectivity index (χ0v) is 13.4. The summed E-state index contributed by atoms with van der Waals surface area (Å²) < 4.78 is 0. The summed E-state index contributed by atoms with van der Waals surface area (Å²) >= 11 is 0. The van der Waals surface area contributed by atoms with Gasteiger partial charge in [-0.15, -0.1) is 0 Å². The van der Waals surface area contributed by atoms with Crippen LogP contribution in [0.1, 0.15) is 24.3 Å². The van der Waals surface area contributed by atoms with E-state index in [0.29, 0.717) is 5.92 Å². The zero-order valence-electron chi connectivity index (χ0n) is 13.4. The highest BCUT2D eigenvalue weighted by Crippen LogP contribution is 2.36. The Balaban J connectivity index is 1.54. The molecule has 0 amide bonds. The first-order chi connectivity index (χ1) is 11.7. The predicted molar refractivity (Wildman–Crippen MR) is 95.7 cm³/mol. The molecule has 0 atom stereocenters. The topological polar surface area (TPSA) is 56.6 Å². The molecule has 0 aliphatic carbocycles. The molecule has 4 rings (SSSR count). The molecular weight excluding hydrogens is 300 g/mol. The summed E-state index contributed by atoms with van der Waals surface area (Å²) in [5.41, 5.74) is 3.37. The molecule has 0 spiro atoms. The van der Waals surface area contributed by atoms with Crippen LogP contribution >= 0.6 is 0 Å². The third-order valence-corrected chi connectivity index (χ3v) is 4.93. The SMILES string of the molecule is Oc1ccc(C2CCN(c3ccnc4ccccc34)CC2)cc1O. The van der Waals surface area contributed by atoms with Crippen molar-refractivity contribution in [2.75, 3.05) is 18.0 Å². The number of benzene rings is 2. The normalized spacial score (nSPS) is 15.8. The Morgan fingerprint density at radius 3 is 2.50 bits per heavy atom. The van der Waals surface area contributed by atoms with Gasteiger partial charge in [-0.2, -0.15) is 0 Å². The number of nitrogens with zero attached hydrogens (tertiary/aromatic N) is 2. The molecule has 24 heavy (non-hydrogen) atoms. The largest absolute Gasteiger partial charge is 0.504 e. The molecule has 4 heteroatoms. The minimum atomic E-state index is -0.0561. The van der Waals surface area contributed by atoms with Crippen LogP contribution in [0.15, 0.2) is 54.7 Å². The van der Waals surface area contributed by atoms with Crippen molar-refractivity contribution in [3.05, 3.63) is 60.3 Å². The molecule has 1 fully saturated rings. The summed E-state index contributed by atoms with van der Waals surface area (Å²) in [7, 11) is 0. The van der Waals surface area contributed by atoms with Gasteiger partial charge < -0.3 is 15.1 Å². The van der Waals surface area contributed by atoms with Crippen molar-refractivity contribution in [2.24, 2.45) is 0 Å². The van der Waals surface area contributed by atoms with E-state index in [-0.39, 0.29) is 11.5 Å². The quantitative estimate of drug-likeness (QED) is 0.700. The van der Waals surface area contributed by atoms with Gasteiger partial charge in [0.25, 0.3) is 0 Å². The molecule has 3 aromatic rings. The number of aromatic nitrogens is 1. The molecule has 0 saturated carbocycles. The molecule has 0 radical (unpaired) electrons. The van der Waals surface area contributed by atoms with Crippen LogP contribution in [-0.4, -0.2) is 28.3 Å². The van der Waals surface area contributed by atoms with Crippen LogP contribution in [-0.2, 0) is 0 Å². The summed E-state index contributed by atoms with van der Waals surface area (Å²) in [5, 5.41) is 20.4. The third kappa shape index (κ3) is 2.64. The molecule has 0 bridgehead atoms. The lowest BCUT2D eigenvalue weighted by molar-refractivity contribution is 0.401. The van der Waals surface area contributed by atoms with Crippen molar-refractivity contribution in [1.82, 2.24) is 4.98 Å². The standard InChI is InChI=1S/C20H20N2O2/c23-19-6-5-15(13-20(19)24)14-8-11-22(12-9-14)18-7-10-21-17-4-2-1-3-16(17)18/h1-7,10,13-14,23-24H,8-9,11-12H2. The number of para-hydroxylation sites is 1. The van der Waals surface area contributed by atoms with Gasteiger partial charge in [0.1, 0.15) is 0 Å². The molecule has 1 aliphatic rings. The van der Waals surface area contributed by atoms with E-state index in [1.54, 1.807) is 12.1 Å². The summed E-state index contributed by atoms with van der Waals surface area (Å²) in [5.74, 6) is 0.329. The summed E-state index contributed by atoms with van der Waals surface area (Å²) in [6.07, 6.45) is 3.93. The highest BCUT2D eigenvalue weighted by atomic mass is 16.3. The number of hydrogen-bond donors (Lipinski definition) is 2. The first-order valence-electron chi connectivity index (χ1n) is 8.33. The molecule has 0 unspecified atom stereocenters. The van der Waals surface area contributed by atoms with Crippen LogP contribution in [0.25, 0.3) is 10.9 Å². The molecule has 2 N–H and O–H groups in total. The maximum Gasteiger partial charge on any atom is 0.157 e. The Bertz CT molecular complexity index is 865. The van der Waals surface area contributed by atoms with E-state index in [9.17, 15) is 10.2 Å². The molecule has 122 valence electrons. The number of piperidine rings is 1. The van der Waals surface area contributed by atoms with E-state index in [1.165, 1.54) is 11.1 Å². The van der Waals surface area contributed by atoms with E-state index in [0.717, 1.165) is 37.0 Å². The van der Waals surface area contributed by atoms with Crippen LogP contribution in [0.3, 0.4) is 0 Å². The fraction of sp³-hybridized carbons (Fsp3) is 0.250. The average molecular weight is 320 g/mol. The monoisotopic (exact) mass is 320 g/mol. The number of rotatable bonds is 2. The fourth-order valence-electron chi connectivity index (χ4n) is 3.60. The van der Waals surface area contributed by atoms with Gasteiger partial charge in [0.15, 0.2) is 11.5 Å². The van der Waals surface area contributed by atoms with Gasteiger partial charge in [-0.25, -0.2) is 0 Å². The molecule has 1 aromatic heterocycles. The Morgan fingerprint density at radius 2 is 1.71 bits per heavy atom. The Labute approximate surface area is 141 Å². The first-order valence-corrected chi connectivity index (χ1v) is 8.33. The van der Waals surface area contributed by atoms with E-state index >= 15 is 0 Å². The average Bonchev–Trinajstić information content (AvgIpc) is 2.64. The maximum absolute atomic E-state index is 9.71. The van der Waals surface area contributed by atoms with Crippen molar-refractivity contribution in [3.8, 4) is 11.5 Å². The van der Waals surface area contributed by atoms with Gasteiger partial charge in [-0.1, -0.05) is 24.3 Å². The van der Waals surface area contributed by atoms with Gasteiger partial charge >= 0.3 is 0 Å². The third-order valence-electron chi connectivity index (χ3n) is 4.93. The molecule has 1 aliphatic heterocycles. The van der Waals surface area contributed by atoms with Crippen LogP contribution < -0.4 is 4.90 Å². The maximum atomic E-state index is 9.71. The molecular formula is C20H20N2O2. The summed E-state index contributed by atoms with van der Waals surface area (Å²) in [6.45, 7) is 1.95. The van der Waals surface area contributed by atoms with E-state index in [2.05, 4.69) is 28.1 Å². The minimum Gasteiger partial charge on any atom is -0.504 e. The molecule has 2 aromatic carbocycles. The van der Waals surface area contributed by atoms with Gasteiger partial charge in [-0.3, -0.25) is 4.98 Å². The van der Waals surface area contributed by atoms with E-state index < -0.39 is 0 Å². The Kier molecular flexibility index (Phi) is 3.73. The highest BCUT2D eigenvalue weighted by molar-refractivity contribution is 5.91. The second-order valence-electron chi connectivity index (χ2n) is 6.36. The number of phenols is 2. The van der Waals surface area contributed by atoms with Gasteiger partial charge in [-0.05, 0) is 48.6 Å². The summed E-state index contributed by atoms with van der Waals surface area (Å²) in [4.78, 5) is 6.86. The van der Waals surface area contributed by atoms with Gasteiger partial charge in [0.05, 0.1) is 5.52 Å². The molecule has 2 heterocycles. The lowest BCUT2D eigenvalue weighted by Crippen LogP contribution is -2.33. The van der Waals surface area contributed by atoms with Crippen molar-refractivity contribution >= 4 is 16.6 Å². The number of pyridine rings is 1. The number of hydrogen-bond acceptors (Lipinski definition) is 4. The van der Waals surface area contributed by atoms with Crippen molar-refractivity contribution < 1.29 is 10.2 Å². The lowest BCUT2D eigenvalue weighted by Gasteiger charge is -2.34. The van der Waals surface area contributed by atoms with Crippen LogP contribution in [0, 0.1) is 0 Å². The minimum absolute atomic E-state index is 0.0324. The van der Waals surface area contributed by atoms with E-state index in [4.69, 9.17) is 0 Å². The molecule has 4 nitrogen and oxygen atoms in total. The zero-order chi connectivity index (χ0) is 16.5. The van der Waals surface area contributed by atoms with Crippen molar-refractivity contribution in [2.45, 2.75) is 18.8 Å². The summed E-state index contributed by atoms with van der Waals surface area (Å²) in [6, 6.07) is 15.5. The van der Waals surface area contributed by atoms with Crippen molar-refractivity contribution in [1.29, 1.82) is 0 Å². The number of fused-ring (bicyclic) bond motifs is 1. The number of anilines is 1. The lowest BCUT2D eigenvalue weighted by atomic mass is 9.89.